The maximum atomic E-state index is 12.6. The second kappa shape index (κ2) is 9.23. The predicted molar refractivity (Wildman–Crippen MR) is 99.6 cm³/mol. The summed E-state index contributed by atoms with van der Waals surface area (Å²) in [5.41, 5.74) is 1.29. The number of nitrogens with one attached hydrogen (secondary N) is 1. The van der Waals surface area contributed by atoms with Crippen molar-refractivity contribution >= 4 is 23.5 Å². The molecule has 1 N–H and O–H groups in total. The van der Waals surface area contributed by atoms with Gasteiger partial charge in [0, 0.05) is 10.9 Å². The molecule has 2 rings (SSSR count). The molecular weight excluding hydrogens is 338 g/mol. The van der Waals surface area contributed by atoms with Crippen LogP contribution in [0.4, 0.5) is 0 Å². The van der Waals surface area contributed by atoms with E-state index < -0.39 is 6.04 Å². The largest absolute Gasteiger partial charge is 0.464 e. The van der Waals surface area contributed by atoms with E-state index in [0.717, 1.165) is 30.7 Å². The highest BCUT2D eigenvalue weighted by molar-refractivity contribution is 6.30. The predicted octanol–water partition coefficient (Wildman–Crippen LogP) is 4.32. The van der Waals surface area contributed by atoms with Crippen molar-refractivity contribution in [1.29, 1.82) is 0 Å². The average molecular weight is 366 g/mol. The van der Waals surface area contributed by atoms with E-state index in [1.54, 1.807) is 6.92 Å². The summed E-state index contributed by atoms with van der Waals surface area (Å²) in [4.78, 5) is 24.6. The van der Waals surface area contributed by atoms with Gasteiger partial charge in [0.15, 0.2) is 0 Å². The molecule has 0 heterocycles. The van der Waals surface area contributed by atoms with Gasteiger partial charge in [-0.15, -0.1) is 0 Å². The first kappa shape index (κ1) is 19.8. The molecule has 1 unspecified atom stereocenters. The first-order valence-electron chi connectivity index (χ1n) is 9.14. The minimum atomic E-state index is -0.568. The Bertz CT molecular complexity index is 577. The molecule has 0 aliphatic heterocycles. The van der Waals surface area contributed by atoms with Crippen LogP contribution >= 0.6 is 11.6 Å². The van der Waals surface area contributed by atoms with Crippen molar-refractivity contribution in [2.24, 2.45) is 11.8 Å². The molecule has 1 aromatic rings. The molecule has 0 saturated heterocycles. The van der Waals surface area contributed by atoms with Crippen molar-refractivity contribution in [3.8, 4) is 0 Å². The molecule has 0 spiro atoms. The van der Waals surface area contributed by atoms with Gasteiger partial charge in [0.05, 0.1) is 6.61 Å². The molecule has 1 fully saturated rings. The summed E-state index contributed by atoms with van der Waals surface area (Å²) in [6, 6.07) is 7.41. The summed E-state index contributed by atoms with van der Waals surface area (Å²) in [6.45, 7) is 5.93. The van der Waals surface area contributed by atoms with Crippen molar-refractivity contribution in [2.75, 3.05) is 6.61 Å². The fourth-order valence-electron chi connectivity index (χ4n) is 3.42. The van der Waals surface area contributed by atoms with Crippen molar-refractivity contribution in [3.63, 3.8) is 0 Å². The van der Waals surface area contributed by atoms with E-state index in [9.17, 15) is 9.59 Å². The van der Waals surface area contributed by atoms with Gasteiger partial charge in [-0.2, -0.15) is 0 Å². The topological polar surface area (TPSA) is 55.4 Å². The van der Waals surface area contributed by atoms with E-state index in [-0.39, 0.29) is 23.7 Å². The second-order valence-electron chi connectivity index (χ2n) is 7.08. The monoisotopic (exact) mass is 365 g/mol. The molecule has 0 radical (unpaired) electrons. The summed E-state index contributed by atoms with van der Waals surface area (Å²) in [7, 11) is 0. The molecule has 4 nitrogen and oxygen atoms in total. The number of halogens is 1. The van der Waals surface area contributed by atoms with Crippen LogP contribution in [0.3, 0.4) is 0 Å². The fourth-order valence-corrected chi connectivity index (χ4v) is 3.55. The average Bonchev–Trinajstić information content (AvgIpc) is 2.60. The Morgan fingerprint density at radius 2 is 1.76 bits per heavy atom. The molecule has 1 aromatic carbocycles. The first-order valence-corrected chi connectivity index (χ1v) is 9.52. The highest BCUT2D eigenvalue weighted by atomic mass is 35.5. The van der Waals surface area contributed by atoms with Crippen LogP contribution in [0, 0.1) is 11.8 Å². The maximum absolute atomic E-state index is 12.6. The molecule has 0 bridgehead atoms. The molecule has 138 valence electrons. The lowest BCUT2D eigenvalue weighted by Gasteiger charge is -2.30. The molecule has 1 saturated carbocycles. The molecule has 1 aliphatic rings. The molecular formula is C20H28ClNO3. The molecule has 25 heavy (non-hydrogen) atoms. The van der Waals surface area contributed by atoms with E-state index in [0.29, 0.717) is 12.5 Å². The second-order valence-corrected chi connectivity index (χ2v) is 7.52. The van der Waals surface area contributed by atoms with Gasteiger partial charge in [-0.1, -0.05) is 37.6 Å². The lowest BCUT2D eigenvalue weighted by Crippen LogP contribution is -2.47. The summed E-state index contributed by atoms with van der Waals surface area (Å²) < 4.78 is 5.07. The van der Waals surface area contributed by atoms with Crippen molar-refractivity contribution in [3.05, 3.63) is 34.9 Å². The van der Waals surface area contributed by atoms with Gasteiger partial charge in [-0.3, -0.25) is 4.79 Å². The highest BCUT2D eigenvalue weighted by Gasteiger charge is 2.31. The zero-order chi connectivity index (χ0) is 18.4. The van der Waals surface area contributed by atoms with Crippen LogP contribution in [0.5, 0.6) is 0 Å². The van der Waals surface area contributed by atoms with Gasteiger partial charge in [0.25, 0.3) is 0 Å². The maximum Gasteiger partial charge on any atom is 0.328 e. The van der Waals surface area contributed by atoms with Gasteiger partial charge in [-0.05, 0) is 62.1 Å². The van der Waals surface area contributed by atoms with Gasteiger partial charge in [-0.25, -0.2) is 4.79 Å². The van der Waals surface area contributed by atoms with Crippen LogP contribution < -0.4 is 5.32 Å². The van der Waals surface area contributed by atoms with Gasteiger partial charge in [0.1, 0.15) is 6.04 Å². The normalized spacial score (nSPS) is 21.6. The standard InChI is InChI=1S/C20H28ClNO3/c1-4-25-20(24)18(13(2)3)22-19(23)16-7-5-14(6-8-16)15-9-11-17(21)12-10-15/h9-14,16,18H,4-8H2,1-3H3,(H,22,23). The number of esters is 1. The van der Waals surface area contributed by atoms with E-state index in [4.69, 9.17) is 16.3 Å². The summed E-state index contributed by atoms with van der Waals surface area (Å²) in [5.74, 6) is 0.0851. The fraction of sp³-hybridized carbons (Fsp3) is 0.600. The zero-order valence-electron chi connectivity index (χ0n) is 15.3. The number of amides is 1. The Hall–Kier alpha value is -1.55. The van der Waals surface area contributed by atoms with Crippen LogP contribution in [-0.2, 0) is 14.3 Å². The van der Waals surface area contributed by atoms with E-state index >= 15 is 0 Å². The number of carbonyl (C=O) groups is 2. The van der Waals surface area contributed by atoms with Gasteiger partial charge < -0.3 is 10.1 Å². The Morgan fingerprint density at radius 1 is 1.16 bits per heavy atom. The van der Waals surface area contributed by atoms with Crippen LogP contribution in [0.25, 0.3) is 0 Å². The number of benzene rings is 1. The molecule has 0 aromatic heterocycles. The van der Waals surface area contributed by atoms with E-state index in [1.807, 2.05) is 26.0 Å². The van der Waals surface area contributed by atoms with Crippen molar-refractivity contribution in [1.82, 2.24) is 5.32 Å². The quantitative estimate of drug-likeness (QED) is 0.764. The minimum absolute atomic E-state index is 0.00778. The van der Waals surface area contributed by atoms with Crippen LogP contribution in [0.1, 0.15) is 57.9 Å². The Morgan fingerprint density at radius 3 is 2.28 bits per heavy atom. The summed E-state index contributed by atoms with van der Waals surface area (Å²) in [5, 5.41) is 3.65. The van der Waals surface area contributed by atoms with Crippen molar-refractivity contribution in [2.45, 2.75) is 58.4 Å². The van der Waals surface area contributed by atoms with Crippen molar-refractivity contribution < 1.29 is 14.3 Å². The lowest BCUT2D eigenvalue weighted by atomic mass is 9.78. The number of hydrogen-bond donors (Lipinski definition) is 1. The number of ether oxygens (including phenoxy) is 1. The van der Waals surface area contributed by atoms with Gasteiger partial charge in [0.2, 0.25) is 5.91 Å². The van der Waals surface area contributed by atoms with Crippen LogP contribution in [0.15, 0.2) is 24.3 Å². The summed E-state index contributed by atoms with van der Waals surface area (Å²) >= 11 is 5.95. The number of hydrogen-bond acceptors (Lipinski definition) is 3. The highest BCUT2D eigenvalue weighted by Crippen LogP contribution is 2.36. The first-order chi connectivity index (χ1) is 11.9. The Balaban J connectivity index is 1.89. The number of carbonyl (C=O) groups excluding carboxylic acids is 2. The molecule has 1 atom stereocenters. The van der Waals surface area contributed by atoms with Crippen LogP contribution in [-0.4, -0.2) is 24.5 Å². The molecule has 1 aliphatic carbocycles. The Labute approximate surface area is 155 Å². The Kier molecular flexibility index (Phi) is 7.30. The lowest BCUT2D eigenvalue weighted by molar-refractivity contribution is -0.149. The van der Waals surface area contributed by atoms with E-state index in [1.165, 1.54) is 5.56 Å². The third kappa shape index (κ3) is 5.46. The SMILES string of the molecule is CCOC(=O)C(NC(=O)C1CCC(c2ccc(Cl)cc2)CC1)C(C)C. The molecule has 1 amide bonds. The van der Waals surface area contributed by atoms with Crippen LogP contribution in [0.2, 0.25) is 5.02 Å². The smallest absolute Gasteiger partial charge is 0.328 e. The third-order valence-electron chi connectivity index (χ3n) is 4.94. The number of rotatable bonds is 6. The third-order valence-corrected chi connectivity index (χ3v) is 5.20. The zero-order valence-corrected chi connectivity index (χ0v) is 16.0. The van der Waals surface area contributed by atoms with Gasteiger partial charge >= 0.3 is 5.97 Å². The summed E-state index contributed by atoms with van der Waals surface area (Å²) in [6.07, 6.45) is 3.64. The minimum Gasteiger partial charge on any atom is -0.464 e. The van der Waals surface area contributed by atoms with E-state index in [2.05, 4.69) is 17.4 Å². The molecule has 5 heteroatoms.